The maximum atomic E-state index is 12.3. The second-order valence-electron chi connectivity index (χ2n) is 5.13. The van der Waals surface area contributed by atoms with E-state index in [0.29, 0.717) is 13.1 Å². The van der Waals surface area contributed by atoms with Gasteiger partial charge in [0.05, 0.1) is 6.54 Å². The van der Waals surface area contributed by atoms with E-state index in [-0.39, 0.29) is 5.91 Å². The topological polar surface area (TPSA) is 32.3 Å². The van der Waals surface area contributed by atoms with Gasteiger partial charge in [0, 0.05) is 29.0 Å². The first-order valence-electron chi connectivity index (χ1n) is 7.01. The molecule has 1 N–H and O–H groups in total. The third kappa shape index (κ3) is 3.54. The summed E-state index contributed by atoms with van der Waals surface area (Å²) in [6.07, 6.45) is 0.989. The summed E-state index contributed by atoms with van der Waals surface area (Å²) >= 11 is 5.32. The predicted octanol–water partition coefficient (Wildman–Crippen LogP) is 3.19. The zero-order valence-electron chi connectivity index (χ0n) is 11.6. The molecule has 0 atom stereocenters. The van der Waals surface area contributed by atoms with E-state index in [1.807, 2.05) is 23.1 Å². The van der Waals surface area contributed by atoms with Crippen LogP contribution in [0.15, 0.2) is 40.2 Å². The molecule has 2 heterocycles. The summed E-state index contributed by atoms with van der Waals surface area (Å²) in [7, 11) is 0. The normalized spacial score (nSPS) is 14.0. The van der Waals surface area contributed by atoms with Crippen LogP contribution in [0.5, 0.6) is 0 Å². The third-order valence-electron chi connectivity index (χ3n) is 3.71. The molecule has 1 aromatic heterocycles. The summed E-state index contributed by atoms with van der Waals surface area (Å²) in [4.78, 5) is 15.6. The van der Waals surface area contributed by atoms with Gasteiger partial charge in [-0.1, -0.05) is 34.1 Å². The Morgan fingerprint density at radius 1 is 1.33 bits per heavy atom. The van der Waals surface area contributed by atoms with Crippen molar-refractivity contribution < 1.29 is 4.79 Å². The van der Waals surface area contributed by atoms with Crippen molar-refractivity contribution >= 4 is 33.2 Å². The maximum Gasteiger partial charge on any atom is 0.236 e. The number of carbonyl (C=O) groups is 1. The van der Waals surface area contributed by atoms with Gasteiger partial charge >= 0.3 is 0 Å². The number of hydrogen-bond donors (Lipinski definition) is 1. The molecule has 1 aromatic carbocycles. The second-order valence-corrected chi connectivity index (χ2v) is 6.98. The summed E-state index contributed by atoms with van der Waals surface area (Å²) in [5, 5.41) is 5.35. The minimum Gasteiger partial charge on any atom is -0.337 e. The van der Waals surface area contributed by atoms with Crippen molar-refractivity contribution in [3.8, 4) is 0 Å². The molecule has 1 amide bonds. The molecule has 1 aliphatic rings. The van der Waals surface area contributed by atoms with Crippen molar-refractivity contribution in [2.24, 2.45) is 0 Å². The number of rotatable bonds is 4. The van der Waals surface area contributed by atoms with Crippen LogP contribution < -0.4 is 5.32 Å². The maximum absolute atomic E-state index is 12.3. The molecule has 0 radical (unpaired) electrons. The molecular weight excluding hydrogens is 348 g/mol. The first-order valence-corrected chi connectivity index (χ1v) is 8.68. The largest absolute Gasteiger partial charge is 0.337 e. The van der Waals surface area contributed by atoms with Crippen LogP contribution in [0.1, 0.15) is 16.0 Å². The van der Waals surface area contributed by atoms with Gasteiger partial charge in [0.15, 0.2) is 0 Å². The van der Waals surface area contributed by atoms with Crippen LogP contribution in [0.3, 0.4) is 0 Å². The number of halogens is 1. The Bertz CT molecular complexity index is 641. The van der Waals surface area contributed by atoms with Crippen LogP contribution in [0, 0.1) is 0 Å². The third-order valence-corrected chi connectivity index (χ3v) is 5.51. The highest BCUT2D eigenvalue weighted by molar-refractivity contribution is 9.10. The van der Waals surface area contributed by atoms with Crippen LogP contribution in [0.25, 0.3) is 0 Å². The molecule has 1 aliphatic heterocycles. The van der Waals surface area contributed by atoms with Crippen molar-refractivity contribution in [2.75, 3.05) is 13.1 Å². The zero-order valence-corrected chi connectivity index (χ0v) is 14.0. The summed E-state index contributed by atoms with van der Waals surface area (Å²) in [5.74, 6) is 0.180. The predicted molar refractivity (Wildman–Crippen MR) is 89.3 cm³/mol. The quantitative estimate of drug-likeness (QED) is 0.903. The average Bonchev–Trinajstić information content (AvgIpc) is 2.96. The highest BCUT2D eigenvalue weighted by Gasteiger charge is 2.20. The fourth-order valence-corrected chi connectivity index (χ4v) is 3.83. The summed E-state index contributed by atoms with van der Waals surface area (Å²) in [6.45, 7) is 2.68. The highest BCUT2D eigenvalue weighted by atomic mass is 79.9. The summed E-state index contributed by atoms with van der Waals surface area (Å²) < 4.78 is 1.07. The van der Waals surface area contributed by atoms with Crippen LogP contribution in [-0.2, 0) is 24.3 Å². The Hall–Kier alpha value is -1.17. The molecule has 3 nitrogen and oxygen atoms in total. The Morgan fingerprint density at radius 2 is 2.19 bits per heavy atom. The number of nitrogens with one attached hydrogen (secondary N) is 1. The zero-order chi connectivity index (χ0) is 14.7. The van der Waals surface area contributed by atoms with Gasteiger partial charge < -0.3 is 10.2 Å². The minimum absolute atomic E-state index is 0.180. The lowest BCUT2D eigenvalue weighted by Crippen LogP contribution is -2.40. The van der Waals surface area contributed by atoms with E-state index in [0.717, 1.165) is 24.0 Å². The number of carbonyl (C=O) groups excluding carboxylic acids is 1. The van der Waals surface area contributed by atoms with E-state index in [2.05, 4.69) is 38.8 Å². The SMILES string of the molecule is O=C(CNCc1ccccc1Br)N1CCc2sccc2C1. The Morgan fingerprint density at radius 3 is 3.05 bits per heavy atom. The fourth-order valence-electron chi connectivity index (χ4n) is 2.52. The van der Waals surface area contributed by atoms with Gasteiger partial charge in [0.25, 0.3) is 0 Å². The molecule has 0 saturated heterocycles. The lowest BCUT2D eigenvalue weighted by molar-refractivity contribution is -0.131. The molecule has 0 saturated carbocycles. The standard InChI is InChI=1S/C16H17BrN2OS/c17-14-4-2-1-3-12(14)9-18-10-16(20)19-7-5-15-13(11-19)6-8-21-15/h1-4,6,8,18H,5,7,9-11H2. The molecule has 0 fully saturated rings. The van der Waals surface area contributed by atoms with Crippen molar-refractivity contribution in [3.63, 3.8) is 0 Å². The molecule has 21 heavy (non-hydrogen) atoms. The van der Waals surface area contributed by atoms with Crippen LogP contribution in [0.2, 0.25) is 0 Å². The number of fused-ring (bicyclic) bond motifs is 1. The lowest BCUT2D eigenvalue weighted by atomic mass is 10.1. The fraction of sp³-hybridized carbons (Fsp3) is 0.312. The van der Waals surface area contributed by atoms with Crippen LogP contribution >= 0.6 is 27.3 Å². The van der Waals surface area contributed by atoms with E-state index < -0.39 is 0 Å². The van der Waals surface area contributed by atoms with Gasteiger partial charge in [-0.05, 0) is 35.1 Å². The minimum atomic E-state index is 0.180. The second kappa shape index (κ2) is 6.73. The Balaban J connectivity index is 1.50. The van der Waals surface area contributed by atoms with Gasteiger partial charge in [0.1, 0.15) is 0 Å². The monoisotopic (exact) mass is 364 g/mol. The molecule has 0 bridgehead atoms. The highest BCUT2D eigenvalue weighted by Crippen LogP contribution is 2.23. The van der Waals surface area contributed by atoms with Crippen molar-refractivity contribution in [1.82, 2.24) is 10.2 Å². The van der Waals surface area contributed by atoms with Crippen LogP contribution in [0.4, 0.5) is 0 Å². The van der Waals surface area contributed by atoms with E-state index >= 15 is 0 Å². The molecule has 0 aliphatic carbocycles. The van der Waals surface area contributed by atoms with E-state index in [1.54, 1.807) is 11.3 Å². The molecule has 5 heteroatoms. The van der Waals surface area contributed by atoms with E-state index in [4.69, 9.17) is 0 Å². The van der Waals surface area contributed by atoms with Crippen molar-refractivity contribution in [1.29, 1.82) is 0 Å². The number of benzene rings is 1. The van der Waals surface area contributed by atoms with Crippen molar-refractivity contribution in [2.45, 2.75) is 19.5 Å². The first kappa shape index (κ1) is 14.8. The summed E-state index contributed by atoms with van der Waals surface area (Å²) in [6, 6.07) is 10.2. The van der Waals surface area contributed by atoms with Crippen LogP contribution in [-0.4, -0.2) is 23.9 Å². The first-order chi connectivity index (χ1) is 10.2. The van der Waals surface area contributed by atoms with Gasteiger partial charge in [-0.15, -0.1) is 11.3 Å². The molecule has 110 valence electrons. The van der Waals surface area contributed by atoms with Gasteiger partial charge in [-0.2, -0.15) is 0 Å². The molecule has 0 unspecified atom stereocenters. The summed E-state index contributed by atoms with van der Waals surface area (Å²) in [5.41, 5.74) is 2.48. The van der Waals surface area contributed by atoms with Crippen molar-refractivity contribution in [3.05, 3.63) is 56.2 Å². The Kier molecular flexibility index (Phi) is 4.73. The molecule has 0 spiro atoms. The molecular formula is C16H17BrN2OS. The smallest absolute Gasteiger partial charge is 0.236 e. The van der Waals surface area contributed by atoms with E-state index in [1.165, 1.54) is 16.0 Å². The number of amides is 1. The average molecular weight is 365 g/mol. The van der Waals surface area contributed by atoms with Gasteiger partial charge in [-0.3, -0.25) is 4.79 Å². The number of thiophene rings is 1. The van der Waals surface area contributed by atoms with Gasteiger partial charge in [-0.25, -0.2) is 0 Å². The molecule has 2 aromatic rings. The van der Waals surface area contributed by atoms with E-state index in [9.17, 15) is 4.79 Å². The lowest BCUT2D eigenvalue weighted by Gasteiger charge is -2.27. The van der Waals surface area contributed by atoms with Gasteiger partial charge in [0.2, 0.25) is 5.91 Å². The molecule has 3 rings (SSSR count). The number of nitrogens with zero attached hydrogens (tertiary/aromatic N) is 1. The number of hydrogen-bond acceptors (Lipinski definition) is 3. The Labute approximate surface area is 137 Å².